The van der Waals surface area contributed by atoms with Gasteiger partial charge in [-0.15, -0.1) is 0 Å². The number of para-hydroxylation sites is 1. The molecule has 32 heavy (non-hydrogen) atoms. The van der Waals surface area contributed by atoms with Gasteiger partial charge in [0.2, 0.25) is 5.91 Å². The minimum Gasteiger partial charge on any atom is -0.447 e. The first-order valence-corrected chi connectivity index (χ1v) is 11.2. The van der Waals surface area contributed by atoms with Gasteiger partial charge in [0.1, 0.15) is 12.4 Å². The molecule has 3 aliphatic heterocycles. The lowest BCUT2D eigenvalue weighted by molar-refractivity contribution is -0.140. The molecule has 2 bridgehead atoms. The smallest absolute Gasteiger partial charge is 0.416 e. The number of nitrogens with zero attached hydrogens (tertiary/aromatic N) is 2. The first-order valence-electron chi connectivity index (χ1n) is 11.2. The zero-order valence-corrected chi connectivity index (χ0v) is 17.8. The summed E-state index contributed by atoms with van der Waals surface area (Å²) in [5.41, 5.74) is 1.05. The average molecular weight is 434 g/mol. The number of cyclic esters (lactones) is 1. The number of amides is 3. The summed E-state index contributed by atoms with van der Waals surface area (Å²) in [5, 5.41) is 0. The van der Waals surface area contributed by atoms with Crippen LogP contribution in [0.5, 0.6) is 5.75 Å². The van der Waals surface area contributed by atoms with Crippen molar-refractivity contribution in [2.45, 2.75) is 37.8 Å². The van der Waals surface area contributed by atoms with Gasteiger partial charge < -0.3 is 14.4 Å². The molecule has 1 aliphatic carbocycles. The monoisotopic (exact) mass is 434 g/mol. The summed E-state index contributed by atoms with van der Waals surface area (Å²) in [6.45, 7) is 0.776. The van der Waals surface area contributed by atoms with E-state index in [1.165, 1.54) is 4.90 Å². The molecule has 3 amide bonds. The SMILES string of the molecule is O=C(Oc1ccccc1)N1CC2CCC1[C@@H](C(=O)N1C(=O)OC[C@H]1Cc1ccccc1)C2. The van der Waals surface area contributed by atoms with Gasteiger partial charge in [-0.3, -0.25) is 4.79 Å². The number of rotatable bonds is 4. The Labute approximate surface area is 186 Å². The summed E-state index contributed by atoms with van der Waals surface area (Å²) in [4.78, 5) is 41.9. The van der Waals surface area contributed by atoms with Gasteiger partial charge in [0.15, 0.2) is 0 Å². The van der Waals surface area contributed by atoms with Crippen LogP contribution in [0.1, 0.15) is 24.8 Å². The highest BCUT2D eigenvalue weighted by molar-refractivity contribution is 5.95. The van der Waals surface area contributed by atoms with Crippen molar-refractivity contribution in [1.29, 1.82) is 0 Å². The van der Waals surface area contributed by atoms with Crippen molar-refractivity contribution < 1.29 is 23.9 Å². The van der Waals surface area contributed by atoms with E-state index >= 15 is 0 Å². The van der Waals surface area contributed by atoms with E-state index in [1.807, 2.05) is 48.5 Å². The Balaban J connectivity index is 1.32. The van der Waals surface area contributed by atoms with Crippen LogP contribution in [0.25, 0.3) is 0 Å². The van der Waals surface area contributed by atoms with Crippen LogP contribution in [0.4, 0.5) is 9.59 Å². The van der Waals surface area contributed by atoms with Crippen molar-refractivity contribution in [1.82, 2.24) is 9.80 Å². The molecule has 0 aromatic heterocycles. The van der Waals surface area contributed by atoms with Crippen LogP contribution >= 0.6 is 0 Å². The number of hydrogen-bond acceptors (Lipinski definition) is 5. The van der Waals surface area contributed by atoms with Gasteiger partial charge in [-0.25, -0.2) is 14.5 Å². The van der Waals surface area contributed by atoms with E-state index in [0.29, 0.717) is 25.1 Å². The molecule has 6 rings (SSSR count). The molecule has 4 aliphatic rings. The fourth-order valence-electron chi connectivity index (χ4n) is 5.26. The number of carbonyl (C=O) groups excluding carboxylic acids is 3. The summed E-state index contributed by atoms with van der Waals surface area (Å²) in [7, 11) is 0. The van der Waals surface area contributed by atoms with Crippen LogP contribution in [0.2, 0.25) is 0 Å². The first-order chi connectivity index (χ1) is 15.6. The summed E-state index contributed by atoms with van der Waals surface area (Å²) in [6, 6.07) is 18.1. The van der Waals surface area contributed by atoms with Crippen molar-refractivity contribution in [2.75, 3.05) is 13.2 Å². The van der Waals surface area contributed by atoms with E-state index in [2.05, 4.69) is 0 Å². The lowest BCUT2D eigenvalue weighted by atomic mass is 9.72. The predicted molar refractivity (Wildman–Crippen MR) is 116 cm³/mol. The third-order valence-corrected chi connectivity index (χ3v) is 6.79. The topological polar surface area (TPSA) is 76.2 Å². The fraction of sp³-hybridized carbons (Fsp3) is 0.400. The Morgan fingerprint density at radius 1 is 1.00 bits per heavy atom. The number of piperidine rings is 2. The van der Waals surface area contributed by atoms with E-state index in [9.17, 15) is 14.4 Å². The molecule has 3 heterocycles. The highest BCUT2D eigenvalue weighted by Crippen LogP contribution is 2.41. The van der Waals surface area contributed by atoms with Crippen LogP contribution in [0.3, 0.4) is 0 Å². The van der Waals surface area contributed by atoms with Gasteiger partial charge in [0, 0.05) is 12.6 Å². The van der Waals surface area contributed by atoms with Crippen molar-refractivity contribution in [2.24, 2.45) is 11.8 Å². The minimum absolute atomic E-state index is 0.194. The molecule has 7 heteroatoms. The number of benzene rings is 2. The second kappa shape index (κ2) is 8.65. The van der Waals surface area contributed by atoms with Gasteiger partial charge in [-0.2, -0.15) is 0 Å². The Hall–Kier alpha value is -3.35. The van der Waals surface area contributed by atoms with Gasteiger partial charge >= 0.3 is 12.2 Å². The molecule has 4 fully saturated rings. The summed E-state index contributed by atoms with van der Waals surface area (Å²) >= 11 is 0. The molecule has 0 N–H and O–H groups in total. The molecule has 7 nitrogen and oxygen atoms in total. The fourth-order valence-corrected chi connectivity index (χ4v) is 5.26. The summed E-state index contributed by atoms with van der Waals surface area (Å²) < 4.78 is 10.8. The van der Waals surface area contributed by atoms with E-state index < -0.39 is 18.1 Å². The normalized spacial score (nSPS) is 26.7. The standard InChI is InChI=1S/C25H26N2O5/c28-23(27-19(16-31-25(27)30)13-17-7-3-1-4-8-17)21-14-18-11-12-22(21)26(15-18)24(29)32-20-9-5-2-6-10-20/h1-10,18-19,21-22H,11-16H2/t18?,19-,21+,22?/m1/s1. The maximum absolute atomic E-state index is 13.6. The molecule has 166 valence electrons. The zero-order chi connectivity index (χ0) is 22.1. The molecule has 3 saturated heterocycles. The Kier molecular flexibility index (Phi) is 5.55. The Bertz CT molecular complexity index is 996. The van der Waals surface area contributed by atoms with Crippen LogP contribution in [0, 0.1) is 11.8 Å². The van der Waals surface area contributed by atoms with Gasteiger partial charge in [0.05, 0.1) is 12.0 Å². The van der Waals surface area contributed by atoms with Crippen molar-refractivity contribution >= 4 is 18.1 Å². The Morgan fingerprint density at radius 2 is 1.72 bits per heavy atom. The zero-order valence-electron chi connectivity index (χ0n) is 17.8. The highest BCUT2D eigenvalue weighted by Gasteiger charge is 2.50. The number of hydrogen-bond donors (Lipinski definition) is 0. The predicted octanol–water partition coefficient (Wildman–Crippen LogP) is 3.88. The van der Waals surface area contributed by atoms with Crippen LogP contribution in [-0.4, -0.2) is 53.1 Å². The highest BCUT2D eigenvalue weighted by atomic mass is 16.6. The molecular formula is C25H26N2O5. The molecular weight excluding hydrogens is 408 g/mol. The summed E-state index contributed by atoms with van der Waals surface area (Å²) in [6.07, 6.45) is 1.92. The molecule has 2 unspecified atom stereocenters. The number of ether oxygens (including phenoxy) is 2. The lowest BCUT2D eigenvalue weighted by Crippen LogP contribution is -2.60. The second-order valence-corrected chi connectivity index (χ2v) is 8.82. The Morgan fingerprint density at radius 3 is 2.44 bits per heavy atom. The number of carbonyl (C=O) groups is 3. The molecule has 1 saturated carbocycles. The lowest BCUT2D eigenvalue weighted by Gasteiger charge is -2.49. The minimum atomic E-state index is -0.587. The van der Waals surface area contributed by atoms with Crippen molar-refractivity contribution in [3.05, 3.63) is 66.2 Å². The third kappa shape index (κ3) is 3.95. The molecule has 2 aromatic carbocycles. The third-order valence-electron chi connectivity index (χ3n) is 6.79. The van der Waals surface area contributed by atoms with E-state index in [0.717, 1.165) is 18.4 Å². The maximum atomic E-state index is 13.6. The first kappa shape index (κ1) is 20.5. The maximum Gasteiger partial charge on any atom is 0.416 e. The van der Waals surface area contributed by atoms with Gasteiger partial charge in [0.25, 0.3) is 0 Å². The van der Waals surface area contributed by atoms with Crippen molar-refractivity contribution in [3.63, 3.8) is 0 Å². The van der Waals surface area contributed by atoms with Crippen LogP contribution in [0.15, 0.2) is 60.7 Å². The largest absolute Gasteiger partial charge is 0.447 e. The molecule has 2 aromatic rings. The van der Waals surface area contributed by atoms with Gasteiger partial charge in [-0.05, 0) is 49.3 Å². The molecule has 0 radical (unpaired) electrons. The number of fused-ring (bicyclic) bond motifs is 3. The van der Waals surface area contributed by atoms with Crippen molar-refractivity contribution in [3.8, 4) is 5.75 Å². The second-order valence-electron chi connectivity index (χ2n) is 8.82. The van der Waals surface area contributed by atoms with Gasteiger partial charge in [-0.1, -0.05) is 48.5 Å². The van der Waals surface area contributed by atoms with Crippen LogP contribution < -0.4 is 4.74 Å². The van der Waals surface area contributed by atoms with Crippen LogP contribution in [-0.2, 0) is 16.0 Å². The molecule has 4 atom stereocenters. The summed E-state index contributed by atoms with van der Waals surface area (Å²) in [5.74, 6) is 0.0476. The number of imide groups is 1. The quantitative estimate of drug-likeness (QED) is 0.730. The van der Waals surface area contributed by atoms with E-state index in [1.54, 1.807) is 17.0 Å². The van der Waals surface area contributed by atoms with E-state index in [4.69, 9.17) is 9.47 Å². The molecule has 0 spiro atoms. The van der Waals surface area contributed by atoms with E-state index in [-0.39, 0.29) is 30.5 Å². The average Bonchev–Trinajstić information content (AvgIpc) is 3.19.